The molecule has 0 spiro atoms. The molecule has 19 heavy (non-hydrogen) atoms. The number of hydrogen-bond donors (Lipinski definition) is 0. The minimum absolute atomic E-state index is 0.0889. The van der Waals surface area contributed by atoms with E-state index in [1.165, 1.54) is 42.5 Å². The van der Waals surface area contributed by atoms with Crippen molar-refractivity contribution in [2.24, 2.45) is 0 Å². The van der Waals surface area contributed by atoms with E-state index in [1.54, 1.807) is 0 Å². The zero-order chi connectivity index (χ0) is 14.0. The summed E-state index contributed by atoms with van der Waals surface area (Å²) in [6.45, 7) is 0. The minimum atomic E-state index is -3.84. The molecule has 0 saturated carbocycles. The Kier molecular flexibility index (Phi) is 3.99. The van der Waals surface area contributed by atoms with E-state index in [2.05, 4.69) is 0 Å². The summed E-state index contributed by atoms with van der Waals surface area (Å²) in [5.74, 6) is 0.240. The summed E-state index contributed by atoms with van der Waals surface area (Å²) in [5.41, 5.74) is 0. The van der Waals surface area contributed by atoms with E-state index in [-0.39, 0.29) is 21.5 Å². The molecular weight excluding hydrogens is 314 g/mol. The van der Waals surface area contributed by atoms with Crippen LogP contribution in [0.15, 0.2) is 47.4 Å². The molecule has 0 fully saturated rings. The van der Waals surface area contributed by atoms with Crippen molar-refractivity contribution in [3.05, 3.63) is 53.3 Å². The highest BCUT2D eigenvalue weighted by Crippen LogP contribution is 2.32. The summed E-state index contributed by atoms with van der Waals surface area (Å²) < 4.78 is 40.4. The van der Waals surface area contributed by atoms with Crippen LogP contribution in [0.4, 0.5) is 4.39 Å². The molecule has 2 aromatic carbocycles. The molecule has 0 aliphatic carbocycles. The van der Waals surface area contributed by atoms with Gasteiger partial charge in [-0.15, -0.1) is 0 Å². The van der Waals surface area contributed by atoms with Gasteiger partial charge in [0.1, 0.15) is 17.3 Å². The van der Waals surface area contributed by atoms with Gasteiger partial charge in [-0.2, -0.15) is 0 Å². The Hall–Kier alpha value is -1.30. The molecule has 2 rings (SSSR count). The van der Waals surface area contributed by atoms with Crippen molar-refractivity contribution in [3.63, 3.8) is 0 Å². The molecule has 0 N–H and O–H groups in total. The lowest BCUT2D eigenvalue weighted by atomic mass is 10.3. The minimum Gasteiger partial charge on any atom is -0.456 e. The van der Waals surface area contributed by atoms with Crippen LogP contribution in [0.2, 0.25) is 5.02 Å². The molecule has 0 amide bonds. The maximum Gasteiger partial charge on any atom is 0.261 e. The first-order valence-corrected chi connectivity index (χ1v) is 7.72. The molecule has 0 radical (unpaired) electrons. The summed E-state index contributed by atoms with van der Waals surface area (Å²) in [6.07, 6.45) is 0. The van der Waals surface area contributed by atoms with Crippen LogP contribution in [0.5, 0.6) is 11.5 Å². The first kappa shape index (κ1) is 14.1. The van der Waals surface area contributed by atoms with Gasteiger partial charge in [0.2, 0.25) is 0 Å². The molecule has 0 heterocycles. The van der Waals surface area contributed by atoms with Gasteiger partial charge in [-0.25, -0.2) is 12.8 Å². The Balaban J connectivity index is 2.29. The highest BCUT2D eigenvalue weighted by Gasteiger charge is 2.13. The molecule has 2 aromatic rings. The Bertz CT molecular complexity index is 699. The number of benzene rings is 2. The van der Waals surface area contributed by atoms with E-state index in [0.717, 1.165) is 0 Å². The van der Waals surface area contributed by atoms with Gasteiger partial charge in [0.05, 0.1) is 9.92 Å². The second-order valence-electron chi connectivity index (χ2n) is 3.59. The van der Waals surface area contributed by atoms with E-state index < -0.39 is 9.05 Å². The normalized spacial score (nSPS) is 11.3. The predicted octanol–water partition coefficient (Wildman–Crippen LogP) is 4.20. The topological polar surface area (TPSA) is 43.4 Å². The highest BCUT2D eigenvalue weighted by molar-refractivity contribution is 8.13. The fourth-order valence-electron chi connectivity index (χ4n) is 1.35. The molecule has 3 nitrogen and oxygen atoms in total. The summed E-state index contributed by atoms with van der Waals surface area (Å²) in [5, 5.41) is 0.0889. The van der Waals surface area contributed by atoms with Gasteiger partial charge in [0.25, 0.3) is 9.05 Å². The van der Waals surface area contributed by atoms with Gasteiger partial charge >= 0.3 is 0 Å². The maximum atomic E-state index is 12.7. The average molecular weight is 321 g/mol. The lowest BCUT2D eigenvalue weighted by Gasteiger charge is -2.08. The lowest BCUT2D eigenvalue weighted by Crippen LogP contribution is -1.92. The molecular formula is C12H7Cl2FO3S. The quantitative estimate of drug-likeness (QED) is 0.796. The fourth-order valence-corrected chi connectivity index (χ4v) is 2.41. The van der Waals surface area contributed by atoms with Crippen molar-refractivity contribution in [1.82, 2.24) is 0 Å². The monoisotopic (exact) mass is 320 g/mol. The van der Waals surface area contributed by atoms with Gasteiger partial charge in [-0.3, -0.25) is 0 Å². The molecule has 100 valence electrons. The van der Waals surface area contributed by atoms with Crippen LogP contribution in [0.1, 0.15) is 0 Å². The molecule has 0 atom stereocenters. The van der Waals surface area contributed by atoms with E-state index in [4.69, 9.17) is 27.0 Å². The van der Waals surface area contributed by atoms with Crippen molar-refractivity contribution in [3.8, 4) is 11.5 Å². The Morgan fingerprint density at radius 3 is 2.21 bits per heavy atom. The second-order valence-corrected chi connectivity index (χ2v) is 6.56. The second kappa shape index (κ2) is 5.36. The summed E-state index contributed by atoms with van der Waals surface area (Å²) in [4.78, 5) is -0.120. The van der Waals surface area contributed by atoms with Crippen LogP contribution in [-0.4, -0.2) is 8.42 Å². The third-order valence-electron chi connectivity index (χ3n) is 2.23. The van der Waals surface area contributed by atoms with Crippen molar-refractivity contribution in [2.45, 2.75) is 4.90 Å². The zero-order valence-electron chi connectivity index (χ0n) is 9.31. The molecule has 0 bridgehead atoms. The molecule has 0 aromatic heterocycles. The Morgan fingerprint density at radius 2 is 1.68 bits per heavy atom. The third-order valence-corrected chi connectivity index (χ3v) is 3.87. The van der Waals surface area contributed by atoms with Crippen molar-refractivity contribution < 1.29 is 17.5 Å². The van der Waals surface area contributed by atoms with Gasteiger partial charge in [-0.05, 0) is 42.5 Å². The number of halogens is 3. The number of rotatable bonds is 3. The lowest BCUT2D eigenvalue weighted by molar-refractivity contribution is 0.480. The molecule has 7 heteroatoms. The maximum absolute atomic E-state index is 12.7. The standard InChI is InChI=1S/C12H7Cl2FO3S/c13-11-7-10(19(14,16)17)5-6-12(11)18-9-3-1-8(15)2-4-9/h1-7H. The van der Waals surface area contributed by atoms with E-state index in [1.807, 2.05) is 0 Å². The van der Waals surface area contributed by atoms with Crippen LogP contribution in [-0.2, 0) is 9.05 Å². The van der Waals surface area contributed by atoms with Crippen molar-refractivity contribution in [2.75, 3.05) is 0 Å². The first-order valence-electron chi connectivity index (χ1n) is 5.04. The molecule has 0 aliphatic rings. The average Bonchev–Trinajstić information content (AvgIpc) is 2.33. The van der Waals surface area contributed by atoms with Gasteiger partial charge in [0.15, 0.2) is 0 Å². The zero-order valence-corrected chi connectivity index (χ0v) is 11.6. The van der Waals surface area contributed by atoms with Crippen LogP contribution < -0.4 is 4.74 Å². The smallest absolute Gasteiger partial charge is 0.261 e. The van der Waals surface area contributed by atoms with E-state index in [0.29, 0.717) is 5.75 Å². The number of ether oxygens (including phenoxy) is 1. The van der Waals surface area contributed by atoms with E-state index in [9.17, 15) is 12.8 Å². The fraction of sp³-hybridized carbons (Fsp3) is 0. The van der Waals surface area contributed by atoms with Crippen LogP contribution >= 0.6 is 22.3 Å². The van der Waals surface area contributed by atoms with Crippen LogP contribution in [0.25, 0.3) is 0 Å². The first-order chi connectivity index (χ1) is 8.86. The largest absolute Gasteiger partial charge is 0.456 e. The summed E-state index contributed by atoms with van der Waals surface area (Å²) in [7, 11) is 1.35. The molecule has 0 unspecified atom stereocenters. The number of hydrogen-bond acceptors (Lipinski definition) is 3. The van der Waals surface area contributed by atoms with Crippen molar-refractivity contribution in [1.29, 1.82) is 0 Å². The Labute approximate surface area is 119 Å². The Morgan fingerprint density at radius 1 is 1.05 bits per heavy atom. The van der Waals surface area contributed by atoms with Crippen molar-refractivity contribution >= 4 is 31.3 Å². The van der Waals surface area contributed by atoms with Gasteiger partial charge < -0.3 is 4.74 Å². The van der Waals surface area contributed by atoms with Gasteiger partial charge in [0, 0.05) is 10.7 Å². The van der Waals surface area contributed by atoms with Gasteiger partial charge in [-0.1, -0.05) is 11.6 Å². The molecule has 0 aliphatic heterocycles. The summed E-state index contributed by atoms with van der Waals surface area (Å²) >= 11 is 5.89. The summed E-state index contributed by atoms with van der Waals surface area (Å²) in [6, 6.07) is 9.16. The van der Waals surface area contributed by atoms with Crippen LogP contribution in [0.3, 0.4) is 0 Å². The third kappa shape index (κ3) is 3.59. The SMILES string of the molecule is O=S(=O)(Cl)c1ccc(Oc2ccc(F)cc2)c(Cl)c1. The predicted molar refractivity (Wildman–Crippen MR) is 71.0 cm³/mol. The van der Waals surface area contributed by atoms with E-state index >= 15 is 0 Å². The molecule has 0 saturated heterocycles. The van der Waals surface area contributed by atoms with Crippen LogP contribution in [0, 0.1) is 5.82 Å². The highest BCUT2D eigenvalue weighted by atomic mass is 35.7.